The van der Waals surface area contributed by atoms with Crippen molar-refractivity contribution in [2.75, 3.05) is 12.4 Å². The molecule has 6 heteroatoms. The van der Waals surface area contributed by atoms with Crippen LogP contribution in [-0.4, -0.2) is 24.1 Å². The van der Waals surface area contributed by atoms with E-state index in [0.29, 0.717) is 35.1 Å². The summed E-state index contributed by atoms with van der Waals surface area (Å²) in [5, 5.41) is 2.89. The lowest BCUT2D eigenvalue weighted by atomic mass is 10.1. The second kappa shape index (κ2) is 9.89. The highest BCUT2D eigenvalue weighted by atomic mass is 16.5. The Kier molecular flexibility index (Phi) is 7.03. The number of aryl methyl sites for hydroxylation is 1. The van der Waals surface area contributed by atoms with Gasteiger partial charge in [0, 0.05) is 18.9 Å². The molecule has 2 aromatic carbocycles. The van der Waals surface area contributed by atoms with Gasteiger partial charge in [-0.25, -0.2) is 0 Å². The third-order valence-electron chi connectivity index (χ3n) is 4.21. The number of aromatic nitrogens is 1. The summed E-state index contributed by atoms with van der Waals surface area (Å²) < 4.78 is 16.6. The minimum atomic E-state index is -0.212. The third-order valence-corrected chi connectivity index (χ3v) is 4.21. The molecule has 0 aliphatic carbocycles. The van der Waals surface area contributed by atoms with E-state index in [4.69, 9.17) is 14.2 Å². The molecule has 6 nitrogen and oxygen atoms in total. The van der Waals surface area contributed by atoms with Crippen molar-refractivity contribution in [3.63, 3.8) is 0 Å². The van der Waals surface area contributed by atoms with Crippen LogP contribution < -0.4 is 14.8 Å². The number of anilines is 1. The average molecular weight is 406 g/mol. The van der Waals surface area contributed by atoms with Gasteiger partial charge in [0.2, 0.25) is 0 Å². The Morgan fingerprint density at radius 1 is 1.00 bits per heavy atom. The maximum absolute atomic E-state index is 12.6. The van der Waals surface area contributed by atoms with Crippen molar-refractivity contribution >= 4 is 11.6 Å². The summed E-state index contributed by atoms with van der Waals surface area (Å²) in [6.07, 6.45) is 0.0955. The molecule has 3 aromatic rings. The van der Waals surface area contributed by atoms with Gasteiger partial charge in [0.15, 0.2) is 0 Å². The van der Waals surface area contributed by atoms with Crippen molar-refractivity contribution < 1.29 is 19.0 Å². The Morgan fingerprint density at radius 3 is 2.40 bits per heavy atom. The second-order valence-corrected chi connectivity index (χ2v) is 7.09. The summed E-state index contributed by atoms with van der Waals surface area (Å²) in [6, 6.07) is 18.2. The van der Waals surface area contributed by atoms with Crippen LogP contribution in [0.2, 0.25) is 0 Å². The van der Waals surface area contributed by atoms with Crippen molar-refractivity contribution in [3.8, 4) is 17.2 Å². The number of carbonyl (C=O) groups is 1. The number of pyridine rings is 1. The Hall–Kier alpha value is -3.38. The standard InChI is InChI=1S/C24H26N2O4/c1-16(2)29-21-6-5-7-22(14-21)30-20-11-8-18(9-12-20)26-24(27)23-13-10-19(15-28-4)25-17(23)3/h5-14,16H,15H2,1-4H3,(H,26,27). The van der Waals surface area contributed by atoms with Gasteiger partial charge in [0.1, 0.15) is 17.2 Å². The number of carbonyl (C=O) groups excluding carboxylic acids is 1. The molecule has 0 fully saturated rings. The number of nitrogens with zero attached hydrogens (tertiary/aromatic N) is 1. The van der Waals surface area contributed by atoms with Crippen LogP contribution in [0.5, 0.6) is 17.2 Å². The molecular weight excluding hydrogens is 380 g/mol. The van der Waals surface area contributed by atoms with Gasteiger partial charge in [0.05, 0.1) is 29.7 Å². The summed E-state index contributed by atoms with van der Waals surface area (Å²) in [5.74, 6) is 1.89. The molecule has 0 bridgehead atoms. The maximum atomic E-state index is 12.6. The van der Waals surface area contributed by atoms with E-state index < -0.39 is 0 Å². The van der Waals surface area contributed by atoms with E-state index in [1.807, 2.05) is 45.0 Å². The van der Waals surface area contributed by atoms with Crippen molar-refractivity contribution in [2.45, 2.75) is 33.5 Å². The number of methoxy groups -OCH3 is 1. The van der Waals surface area contributed by atoms with E-state index in [-0.39, 0.29) is 12.0 Å². The second-order valence-electron chi connectivity index (χ2n) is 7.09. The molecule has 156 valence electrons. The highest BCUT2D eigenvalue weighted by molar-refractivity contribution is 6.05. The van der Waals surface area contributed by atoms with E-state index in [2.05, 4.69) is 10.3 Å². The Labute approximate surface area is 176 Å². The summed E-state index contributed by atoms with van der Waals surface area (Å²) >= 11 is 0. The highest BCUT2D eigenvalue weighted by Crippen LogP contribution is 2.27. The lowest BCUT2D eigenvalue weighted by Crippen LogP contribution is -2.14. The molecule has 1 aromatic heterocycles. The first-order valence-corrected chi connectivity index (χ1v) is 9.76. The summed E-state index contributed by atoms with van der Waals surface area (Å²) in [7, 11) is 1.61. The first-order valence-electron chi connectivity index (χ1n) is 9.76. The van der Waals surface area contributed by atoms with E-state index in [0.717, 1.165) is 11.4 Å². The van der Waals surface area contributed by atoms with Gasteiger partial charge < -0.3 is 19.5 Å². The van der Waals surface area contributed by atoms with Gasteiger partial charge >= 0.3 is 0 Å². The molecule has 0 aliphatic rings. The van der Waals surface area contributed by atoms with E-state index in [9.17, 15) is 4.79 Å². The highest BCUT2D eigenvalue weighted by Gasteiger charge is 2.11. The molecule has 30 heavy (non-hydrogen) atoms. The topological polar surface area (TPSA) is 69.7 Å². The summed E-state index contributed by atoms with van der Waals surface area (Å²) in [6.45, 7) is 6.18. The smallest absolute Gasteiger partial charge is 0.257 e. The van der Waals surface area contributed by atoms with E-state index in [1.165, 1.54) is 0 Å². The minimum Gasteiger partial charge on any atom is -0.491 e. The van der Waals surface area contributed by atoms with Crippen LogP contribution in [0.15, 0.2) is 60.7 Å². The Balaban J connectivity index is 1.64. The zero-order chi connectivity index (χ0) is 21.5. The van der Waals surface area contributed by atoms with Crippen LogP contribution in [0.25, 0.3) is 0 Å². The van der Waals surface area contributed by atoms with Crippen LogP contribution in [-0.2, 0) is 11.3 Å². The lowest BCUT2D eigenvalue weighted by molar-refractivity contribution is 0.102. The van der Waals surface area contributed by atoms with E-state index >= 15 is 0 Å². The van der Waals surface area contributed by atoms with Gasteiger partial charge in [-0.3, -0.25) is 9.78 Å². The first kappa shape index (κ1) is 21.3. The average Bonchev–Trinajstić information content (AvgIpc) is 2.69. The number of hydrogen-bond donors (Lipinski definition) is 1. The summed E-state index contributed by atoms with van der Waals surface area (Å²) in [5.41, 5.74) is 2.64. The number of ether oxygens (including phenoxy) is 3. The van der Waals surface area contributed by atoms with Crippen molar-refractivity contribution in [1.29, 1.82) is 0 Å². The van der Waals surface area contributed by atoms with Gasteiger partial charge in [0.25, 0.3) is 5.91 Å². The molecule has 0 aliphatic heterocycles. The van der Waals surface area contributed by atoms with Crippen LogP contribution in [0.4, 0.5) is 5.69 Å². The van der Waals surface area contributed by atoms with E-state index in [1.54, 1.807) is 43.5 Å². The molecule has 0 unspecified atom stereocenters. The zero-order valence-electron chi connectivity index (χ0n) is 17.6. The SMILES string of the molecule is COCc1ccc(C(=O)Nc2ccc(Oc3cccc(OC(C)C)c3)cc2)c(C)n1. The molecule has 1 heterocycles. The number of rotatable bonds is 8. The molecule has 0 radical (unpaired) electrons. The van der Waals surface area contributed by atoms with Crippen LogP contribution in [0.3, 0.4) is 0 Å². The largest absolute Gasteiger partial charge is 0.491 e. The van der Waals surface area contributed by atoms with Gasteiger partial charge in [-0.15, -0.1) is 0 Å². The fourth-order valence-electron chi connectivity index (χ4n) is 2.91. The lowest BCUT2D eigenvalue weighted by Gasteiger charge is -2.12. The molecule has 3 rings (SSSR count). The molecule has 1 N–H and O–H groups in total. The number of benzene rings is 2. The third kappa shape index (κ3) is 5.81. The quantitative estimate of drug-likeness (QED) is 0.545. The van der Waals surface area contributed by atoms with Gasteiger partial charge in [-0.1, -0.05) is 6.07 Å². The van der Waals surface area contributed by atoms with Crippen LogP contribution in [0.1, 0.15) is 35.6 Å². The fraction of sp³-hybridized carbons (Fsp3) is 0.250. The Morgan fingerprint density at radius 2 is 1.73 bits per heavy atom. The molecule has 0 saturated heterocycles. The summed E-state index contributed by atoms with van der Waals surface area (Å²) in [4.78, 5) is 17.0. The molecule has 0 spiro atoms. The Bertz CT molecular complexity index is 1000. The predicted octanol–water partition coefficient (Wildman–Crippen LogP) is 5.37. The van der Waals surface area contributed by atoms with Crippen molar-refractivity contribution in [3.05, 3.63) is 77.6 Å². The van der Waals surface area contributed by atoms with Crippen molar-refractivity contribution in [1.82, 2.24) is 4.98 Å². The van der Waals surface area contributed by atoms with Crippen LogP contribution in [0, 0.1) is 6.92 Å². The van der Waals surface area contributed by atoms with Crippen molar-refractivity contribution in [2.24, 2.45) is 0 Å². The molecule has 0 saturated carbocycles. The predicted molar refractivity (Wildman–Crippen MR) is 116 cm³/mol. The van der Waals surface area contributed by atoms with Gasteiger partial charge in [-0.2, -0.15) is 0 Å². The van der Waals surface area contributed by atoms with Gasteiger partial charge in [-0.05, 0) is 69.3 Å². The zero-order valence-corrected chi connectivity index (χ0v) is 17.6. The number of nitrogens with one attached hydrogen (secondary N) is 1. The number of hydrogen-bond acceptors (Lipinski definition) is 5. The normalized spacial score (nSPS) is 10.7. The molecule has 0 atom stereocenters. The molecular formula is C24H26N2O4. The minimum absolute atomic E-state index is 0.0955. The number of amides is 1. The monoisotopic (exact) mass is 406 g/mol. The maximum Gasteiger partial charge on any atom is 0.257 e. The fourth-order valence-corrected chi connectivity index (χ4v) is 2.91. The first-order chi connectivity index (χ1) is 14.4. The van der Waals surface area contributed by atoms with Crippen LogP contribution >= 0.6 is 0 Å². The molecule has 1 amide bonds.